The van der Waals surface area contributed by atoms with Crippen molar-refractivity contribution in [2.75, 3.05) is 39.4 Å². The average Bonchev–Trinajstić information content (AvgIpc) is 3.73. The van der Waals surface area contributed by atoms with Crippen LogP contribution in [0.25, 0.3) is 16.8 Å². The molecule has 1 atom stereocenters. The van der Waals surface area contributed by atoms with Crippen LogP contribution >= 0.6 is 0 Å². The zero-order valence-corrected chi connectivity index (χ0v) is 21.9. The summed E-state index contributed by atoms with van der Waals surface area (Å²) in [7, 11) is 0. The minimum atomic E-state index is -4.78. The lowest BCUT2D eigenvalue weighted by atomic mass is 9.99. The highest BCUT2D eigenvalue weighted by Gasteiger charge is 2.38. The number of pyridine rings is 1. The van der Waals surface area contributed by atoms with Crippen LogP contribution in [0.3, 0.4) is 0 Å². The Morgan fingerprint density at radius 2 is 1.76 bits per heavy atom. The third kappa shape index (κ3) is 5.31. The number of hydrogen-bond acceptors (Lipinski definition) is 5. The van der Waals surface area contributed by atoms with E-state index in [4.69, 9.17) is 9.15 Å². The quantitative estimate of drug-likeness (QED) is 0.323. The molecule has 5 heterocycles. The third-order valence-corrected chi connectivity index (χ3v) is 7.68. The van der Waals surface area contributed by atoms with Gasteiger partial charge in [-0.1, -0.05) is 12.1 Å². The number of fused-ring (bicyclic) bond motifs is 1. The second-order valence-corrected chi connectivity index (χ2v) is 10.2. The first-order valence-corrected chi connectivity index (χ1v) is 13.2. The molecule has 2 fully saturated rings. The lowest BCUT2D eigenvalue weighted by Gasteiger charge is -2.27. The van der Waals surface area contributed by atoms with E-state index < -0.39 is 23.3 Å². The Hall–Kier alpha value is -4.19. The smallest absolute Gasteiger partial charge is 0.420 e. The summed E-state index contributed by atoms with van der Waals surface area (Å²) < 4.78 is 68.0. The Balaban J connectivity index is 1.43. The number of morpholine rings is 1. The topological polar surface area (TPSA) is 80.3 Å². The molecular formula is C29H26F4N4O4. The number of nitrogens with zero attached hydrogens (tertiary/aromatic N) is 4. The van der Waals surface area contributed by atoms with Crippen LogP contribution in [-0.2, 0) is 22.1 Å². The monoisotopic (exact) mass is 570 g/mol. The molecule has 0 radical (unpaired) electrons. The van der Waals surface area contributed by atoms with Crippen molar-refractivity contribution in [1.82, 2.24) is 19.2 Å². The maximum Gasteiger partial charge on any atom is 0.420 e. The number of amides is 2. The van der Waals surface area contributed by atoms with Crippen molar-refractivity contribution in [3.8, 4) is 11.1 Å². The molecule has 6 rings (SSSR count). The molecule has 12 heteroatoms. The fourth-order valence-corrected chi connectivity index (χ4v) is 5.50. The lowest BCUT2D eigenvalue weighted by molar-refractivity contribution is -0.136. The van der Waals surface area contributed by atoms with Crippen molar-refractivity contribution in [2.24, 2.45) is 0 Å². The fourth-order valence-electron chi connectivity index (χ4n) is 5.50. The number of furan rings is 1. The van der Waals surface area contributed by atoms with Crippen LogP contribution in [0, 0.1) is 5.82 Å². The standard InChI is InChI=1S/C29H26F4N4O4/c30-22-3-1-18(2-4-22)19-5-7-36(15-19)28(39)26-24(14-25(38)35-8-11-40-12-9-35)37-16-21(20-6-10-41-17-20)13-23(27(37)34-26)29(31,32)33/h1-4,6,10,13,16-17,19H,5,7-9,11-12,14-15H2. The molecule has 2 amide bonds. The van der Waals surface area contributed by atoms with Crippen LogP contribution in [0.4, 0.5) is 17.6 Å². The molecular weight excluding hydrogens is 544 g/mol. The van der Waals surface area contributed by atoms with E-state index in [1.165, 1.54) is 46.2 Å². The average molecular weight is 571 g/mol. The summed E-state index contributed by atoms with van der Waals surface area (Å²) >= 11 is 0. The number of ether oxygens (including phenoxy) is 1. The molecule has 0 saturated carbocycles. The Morgan fingerprint density at radius 1 is 1.00 bits per heavy atom. The first kappa shape index (κ1) is 27.0. The maximum atomic E-state index is 14.3. The molecule has 2 aliphatic rings. The zero-order valence-electron chi connectivity index (χ0n) is 21.9. The van der Waals surface area contributed by atoms with Crippen molar-refractivity contribution in [1.29, 1.82) is 0 Å². The van der Waals surface area contributed by atoms with Crippen LogP contribution in [0.15, 0.2) is 59.5 Å². The van der Waals surface area contributed by atoms with Crippen molar-refractivity contribution >= 4 is 17.5 Å². The van der Waals surface area contributed by atoms with Gasteiger partial charge in [-0.2, -0.15) is 13.2 Å². The first-order chi connectivity index (χ1) is 19.7. The Kier molecular flexibility index (Phi) is 7.02. The number of hydrogen-bond donors (Lipinski definition) is 0. The van der Waals surface area contributed by atoms with E-state index in [1.807, 2.05) is 0 Å². The second kappa shape index (κ2) is 10.7. The first-order valence-electron chi connectivity index (χ1n) is 13.2. The largest absolute Gasteiger partial charge is 0.472 e. The Labute approximate surface area is 232 Å². The normalized spacial score (nSPS) is 17.9. The van der Waals surface area contributed by atoms with E-state index in [-0.39, 0.29) is 41.0 Å². The van der Waals surface area contributed by atoms with E-state index in [2.05, 4.69) is 4.98 Å². The molecule has 2 aliphatic heterocycles. The minimum Gasteiger partial charge on any atom is -0.472 e. The van der Waals surface area contributed by atoms with Crippen LogP contribution in [0.2, 0.25) is 0 Å². The highest BCUT2D eigenvalue weighted by atomic mass is 19.4. The van der Waals surface area contributed by atoms with Crippen molar-refractivity contribution in [3.05, 3.63) is 83.5 Å². The van der Waals surface area contributed by atoms with Gasteiger partial charge in [0.1, 0.15) is 11.5 Å². The number of carbonyl (C=O) groups is 2. The van der Waals surface area contributed by atoms with Gasteiger partial charge in [-0.3, -0.25) is 9.59 Å². The number of carbonyl (C=O) groups excluding carboxylic acids is 2. The Morgan fingerprint density at radius 3 is 2.44 bits per heavy atom. The number of benzene rings is 1. The van der Waals surface area contributed by atoms with E-state index in [0.29, 0.717) is 51.4 Å². The van der Waals surface area contributed by atoms with Gasteiger partial charge in [-0.05, 0) is 36.2 Å². The van der Waals surface area contributed by atoms with E-state index in [1.54, 1.807) is 17.0 Å². The summed E-state index contributed by atoms with van der Waals surface area (Å²) in [5.74, 6) is -1.32. The number of rotatable bonds is 5. The predicted molar refractivity (Wildman–Crippen MR) is 139 cm³/mol. The van der Waals surface area contributed by atoms with Gasteiger partial charge in [0.25, 0.3) is 5.91 Å². The molecule has 8 nitrogen and oxygen atoms in total. The van der Waals surface area contributed by atoms with Crippen LogP contribution in [-0.4, -0.2) is 70.4 Å². The number of aromatic nitrogens is 2. The van der Waals surface area contributed by atoms with Gasteiger partial charge in [0, 0.05) is 49.4 Å². The van der Waals surface area contributed by atoms with E-state index in [9.17, 15) is 27.2 Å². The molecule has 3 aromatic heterocycles. The summed E-state index contributed by atoms with van der Waals surface area (Å²) in [6.07, 6.45) is -0.368. The summed E-state index contributed by atoms with van der Waals surface area (Å²) in [6.45, 7) is 2.04. The molecule has 0 N–H and O–H groups in total. The number of alkyl halides is 3. The minimum absolute atomic E-state index is 0.0616. The fraction of sp³-hybridized carbons (Fsp3) is 0.345. The summed E-state index contributed by atoms with van der Waals surface area (Å²) in [5, 5.41) is 0. The third-order valence-electron chi connectivity index (χ3n) is 7.68. The SMILES string of the molecule is O=C(Cc1c(C(=O)N2CCC(c3ccc(F)cc3)C2)nc2c(C(F)(F)F)cc(-c3ccoc3)cn12)N1CCOCC1. The van der Waals surface area contributed by atoms with Crippen LogP contribution < -0.4 is 0 Å². The molecule has 4 aromatic rings. The summed E-state index contributed by atoms with van der Waals surface area (Å²) in [4.78, 5) is 34.5. The maximum absolute atomic E-state index is 14.3. The number of halogens is 4. The van der Waals surface area contributed by atoms with E-state index >= 15 is 0 Å². The lowest BCUT2D eigenvalue weighted by Crippen LogP contribution is -2.41. The van der Waals surface area contributed by atoms with Gasteiger partial charge in [-0.15, -0.1) is 0 Å². The van der Waals surface area contributed by atoms with Gasteiger partial charge >= 0.3 is 6.18 Å². The molecule has 2 saturated heterocycles. The van der Waals surface area contributed by atoms with Gasteiger partial charge in [0.2, 0.25) is 5.91 Å². The van der Waals surface area contributed by atoms with Crippen LogP contribution in [0.5, 0.6) is 0 Å². The molecule has 41 heavy (non-hydrogen) atoms. The zero-order chi connectivity index (χ0) is 28.7. The van der Waals surface area contributed by atoms with E-state index in [0.717, 1.165) is 11.6 Å². The second-order valence-electron chi connectivity index (χ2n) is 10.2. The molecule has 0 spiro atoms. The molecule has 0 bridgehead atoms. The van der Waals surface area contributed by atoms with Crippen molar-refractivity contribution in [3.63, 3.8) is 0 Å². The highest BCUT2D eigenvalue weighted by Crippen LogP contribution is 2.37. The van der Waals surface area contributed by atoms with Crippen molar-refractivity contribution in [2.45, 2.75) is 24.9 Å². The summed E-state index contributed by atoms with van der Waals surface area (Å²) in [5.41, 5.74) is -0.112. The molecule has 214 valence electrons. The number of likely N-dealkylation sites (tertiary alicyclic amines) is 1. The predicted octanol–water partition coefficient (Wildman–Crippen LogP) is 4.78. The highest BCUT2D eigenvalue weighted by molar-refractivity contribution is 5.96. The summed E-state index contributed by atoms with van der Waals surface area (Å²) in [6, 6.07) is 8.54. The van der Waals surface area contributed by atoms with Gasteiger partial charge in [-0.25, -0.2) is 9.37 Å². The van der Waals surface area contributed by atoms with Crippen molar-refractivity contribution < 1.29 is 36.3 Å². The van der Waals surface area contributed by atoms with Crippen LogP contribution in [0.1, 0.15) is 39.6 Å². The molecule has 1 aromatic carbocycles. The Bertz CT molecular complexity index is 1580. The molecule has 1 unspecified atom stereocenters. The van der Waals surface area contributed by atoms with Gasteiger partial charge < -0.3 is 23.4 Å². The number of imidazole rings is 1. The molecule has 0 aliphatic carbocycles. The van der Waals surface area contributed by atoms with Gasteiger partial charge in [0.05, 0.1) is 43.4 Å². The van der Waals surface area contributed by atoms with Gasteiger partial charge in [0.15, 0.2) is 5.69 Å².